The summed E-state index contributed by atoms with van der Waals surface area (Å²) in [6.07, 6.45) is 3.58. The van der Waals surface area contributed by atoms with Gasteiger partial charge in [-0.1, -0.05) is 36.4 Å². The third-order valence-electron chi connectivity index (χ3n) is 2.99. The molecule has 2 rings (SSSR count). The van der Waals surface area contributed by atoms with Crippen molar-refractivity contribution in [2.45, 2.75) is 24.4 Å². The molecule has 0 heterocycles. The zero-order chi connectivity index (χ0) is 9.31. The molecule has 1 fully saturated rings. The lowest BCUT2D eigenvalue weighted by Gasteiger charge is -2.43. The lowest BCUT2D eigenvalue weighted by atomic mass is 9.66. The molecule has 0 amide bonds. The molecule has 1 aromatic carbocycles. The minimum atomic E-state index is -0.651. The van der Waals surface area contributed by atoms with Gasteiger partial charge in [-0.05, 0) is 18.4 Å². The molecular weight excluding hydrogens is 160 g/mol. The first-order valence-electron chi connectivity index (χ1n) is 4.67. The highest BCUT2D eigenvalue weighted by atomic mass is 16.3. The Kier molecular flexibility index (Phi) is 1.97. The van der Waals surface area contributed by atoms with E-state index in [1.165, 1.54) is 5.56 Å². The predicted molar refractivity (Wildman–Crippen MR) is 53.6 cm³/mol. The van der Waals surface area contributed by atoms with Crippen LogP contribution in [0.4, 0.5) is 0 Å². The zero-order valence-electron chi connectivity index (χ0n) is 7.61. The van der Waals surface area contributed by atoms with Crippen LogP contribution in [0.15, 0.2) is 43.0 Å². The molecule has 1 aliphatic carbocycles. The van der Waals surface area contributed by atoms with E-state index in [2.05, 4.69) is 18.7 Å². The highest BCUT2D eigenvalue weighted by molar-refractivity contribution is 5.29. The van der Waals surface area contributed by atoms with Crippen molar-refractivity contribution in [2.24, 2.45) is 0 Å². The van der Waals surface area contributed by atoms with Crippen LogP contribution in [0.25, 0.3) is 0 Å². The molecule has 1 aromatic rings. The average Bonchev–Trinajstić information content (AvgIpc) is 2.17. The SMILES string of the molecule is C=CC1(O)CCC1c1ccccc1. The number of hydrogen-bond acceptors (Lipinski definition) is 1. The van der Waals surface area contributed by atoms with Crippen LogP contribution >= 0.6 is 0 Å². The van der Waals surface area contributed by atoms with Gasteiger partial charge in [-0.2, -0.15) is 0 Å². The summed E-state index contributed by atoms with van der Waals surface area (Å²) in [6, 6.07) is 10.2. The predicted octanol–water partition coefficient (Wildman–Crippen LogP) is 2.48. The van der Waals surface area contributed by atoms with E-state index in [1.807, 2.05) is 18.2 Å². The van der Waals surface area contributed by atoms with Gasteiger partial charge in [0, 0.05) is 5.92 Å². The normalized spacial score (nSPS) is 32.2. The summed E-state index contributed by atoms with van der Waals surface area (Å²) in [6.45, 7) is 3.68. The Morgan fingerprint density at radius 3 is 2.54 bits per heavy atom. The van der Waals surface area contributed by atoms with E-state index in [0.29, 0.717) is 0 Å². The van der Waals surface area contributed by atoms with Crippen molar-refractivity contribution >= 4 is 0 Å². The van der Waals surface area contributed by atoms with Gasteiger partial charge in [-0.3, -0.25) is 0 Å². The maximum atomic E-state index is 10.0. The summed E-state index contributed by atoms with van der Waals surface area (Å²) in [5.41, 5.74) is 0.567. The molecule has 2 unspecified atom stereocenters. The largest absolute Gasteiger partial charge is 0.385 e. The van der Waals surface area contributed by atoms with Gasteiger partial charge in [0.05, 0.1) is 5.60 Å². The fourth-order valence-corrected chi connectivity index (χ4v) is 1.97. The molecule has 0 radical (unpaired) electrons. The van der Waals surface area contributed by atoms with Crippen LogP contribution in [0.2, 0.25) is 0 Å². The Hall–Kier alpha value is -1.08. The summed E-state index contributed by atoms with van der Waals surface area (Å²) in [5, 5.41) is 10.0. The summed E-state index contributed by atoms with van der Waals surface area (Å²) in [5.74, 6) is 0.256. The molecule has 1 saturated carbocycles. The molecule has 1 aliphatic rings. The minimum Gasteiger partial charge on any atom is -0.385 e. The van der Waals surface area contributed by atoms with Gasteiger partial charge in [-0.15, -0.1) is 6.58 Å². The van der Waals surface area contributed by atoms with Crippen molar-refractivity contribution in [1.82, 2.24) is 0 Å². The Morgan fingerprint density at radius 2 is 2.08 bits per heavy atom. The van der Waals surface area contributed by atoms with E-state index in [1.54, 1.807) is 6.08 Å². The van der Waals surface area contributed by atoms with Crippen molar-refractivity contribution in [3.8, 4) is 0 Å². The van der Waals surface area contributed by atoms with Crippen LogP contribution in [0, 0.1) is 0 Å². The van der Waals surface area contributed by atoms with Crippen LogP contribution in [0.3, 0.4) is 0 Å². The van der Waals surface area contributed by atoms with E-state index < -0.39 is 5.60 Å². The van der Waals surface area contributed by atoms with E-state index in [0.717, 1.165) is 12.8 Å². The van der Waals surface area contributed by atoms with Crippen LogP contribution < -0.4 is 0 Å². The summed E-state index contributed by atoms with van der Waals surface area (Å²) in [4.78, 5) is 0. The summed E-state index contributed by atoms with van der Waals surface area (Å²) in [7, 11) is 0. The summed E-state index contributed by atoms with van der Waals surface area (Å²) < 4.78 is 0. The molecule has 0 saturated heterocycles. The molecule has 68 valence electrons. The molecule has 0 aromatic heterocycles. The van der Waals surface area contributed by atoms with E-state index in [9.17, 15) is 5.11 Å². The average molecular weight is 174 g/mol. The molecular formula is C12H14O. The number of hydrogen-bond donors (Lipinski definition) is 1. The monoisotopic (exact) mass is 174 g/mol. The molecule has 1 nitrogen and oxygen atoms in total. The highest BCUT2D eigenvalue weighted by Crippen LogP contribution is 2.46. The van der Waals surface area contributed by atoms with Crippen LogP contribution in [0.5, 0.6) is 0 Å². The van der Waals surface area contributed by atoms with E-state index >= 15 is 0 Å². The van der Waals surface area contributed by atoms with E-state index in [-0.39, 0.29) is 5.92 Å². The molecule has 13 heavy (non-hydrogen) atoms. The fraction of sp³-hybridized carbons (Fsp3) is 0.333. The summed E-state index contributed by atoms with van der Waals surface area (Å²) >= 11 is 0. The van der Waals surface area contributed by atoms with Crippen molar-refractivity contribution < 1.29 is 5.11 Å². The number of rotatable bonds is 2. The maximum Gasteiger partial charge on any atom is 0.0893 e. The molecule has 1 N–H and O–H groups in total. The van der Waals surface area contributed by atoms with Crippen LogP contribution in [-0.4, -0.2) is 10.7 Å². The minimum absolute atomic E-state index is 0.256. The number of benzene rings is 1. The Morgan fingerprint density at radius 1 is 1.38 bits per heavy atom. The van der Waals surface area contributed by atoms with Gasteiger partial charge in [0.15, 0.2) is 0 Å². The van der Waals surface area contributed by atoms with Crippen molar-refractivity contribution in [3.05, 3.63) is 48.6 Å². The van der Waals surface area contributed by atoms with Crippen molar-refractivity contribution in [3.63, 3.8) is 0 Å². The second kappa shape index (κ2) is 3.00. The van der Waals surface area contributed by atoms with Crippen LogP contribution in [-0.2, 0) is 0 Å². The van der Waals surface area contributed by atoms with Gasteiger partial charge in [0.2, 0.25) is 0 Å². The third kappa shape index (κ3) is 1.29. The third-order valence-corrected chi connectivity index (χ3v) is 2.99. The molecule has 2 atom stereocenters. The standard InChI is InChI=1S/C12H14O/c1-2-12(13)9-8-11(12)10-6-4-3-5-7-10/h2-7,11,13H,1,8-9H2. The molecule has 1 heteroatoms. The lowest BCUT2D eigenvalue weighted by molar-refractivity contribution is -0.0123. The first-order chi connectivity index (χ1) is 6.26. The van der Waals surface area contributed by atoms with Gasteiger partial charge >= 0.3 is 0 Å². The number of aliphatic hydroxyl groups is 1. The Bertz CT molecular complexity index is 304. The topological polar surface area (TPSA) is 20.2 Å². The Labute approximate surface area is 78.7 Å². The van der Waals surface area contributed by atoms with Crippen LogP contribution in [0.1, 0.15) is 24.3 Å². The lowest BCUT2D eigenvalue weighted by Crippen LogP contribution is -2.43. The fourth-order valence-electron chi connectivity index (χ4n) is 1.97. The molecule has 0 spiro atoms. The molecule has 0 aliphatic heterocycles. The van der Waals surface area contributed by atoms with Gasteiger partial charge in [0.25, 0.3) is 0 Å². The second-order valence-electron chi connectivity index (χ2n) is 3.70. The second-order valence-corrected chi connectivity index (χ2v) is 3.70. The Balaban J connectivity index is 2.24. The molecule has 0 bridgehead atoms. The smallest absolute Gasteiger partial charge is 0.0893 e. The van der Waals surface area contributed by atoms with E-state index in [4.69, 9.17) is 0 Å². The first-order valence-corrected chi connectivity index (χ1v) is 4.67. The highest BCUT2D eigenvalue weighted by Gasteiger charge is 2.43. The zero-order valence-corrected chi connectivity index (χ0v) is 7.61. The van der Waals surface area contributed by atoms with Gasteiger partial charge in [-0.25, -0.2) is 0 Å². The first kappa shape index (κ1) is 8.52. The van der Waals surface area contributed by atoms with Crippen molar-refractivity contribution in [1.29, 1.82) is 0 Å². The van der Waals surface area contributed by atoms with Gasteiger partial charge < -0.3 is 5.11 Å². The van der Waals surface area contributed by atoms with Crippen molar-refractivity contribution in [2.75, 3.05) is 0 Å². The van der Waals surface area contributed by atoms with Gasteiger partial charge in [0.1, 0.15) is 0 Å². The maximum absolute atomic E-state index is 10.0. The quantitative estimate of drug-likeness (QED) is 0.683.